The van der Waals surface area contributed by atoms with Gasteiger partial charge in [-0.25, -0.2) is 9.59 Å². The lowest BCUT2D eigenvalue weighted by Gasteiger charge is -2.25. The van der Waals surface area contributed by atoms with E-state index in [0.29, 0.717) is 25.7 Å². The predicted octanol–water partition coefficient (Wildman–Crippen LogP) is 3.00. The van der Waals surface area contributed by atoms with Gasteiger partial charge in [0, 0.05) is 6.08 Å². The van der Waals surface area contributed by atoms with E-state index in [9.17, 15) is 31.9 Å². The van der Waals surface area contributed by atoms with Crippen LogP contribution in [0.1, 0.15) is 38.5 Å². The number of halogens is 4. The third-order valence-corrected chi connectivity index (χ3v) is 3.64. The Hall–Kier alpha value is -2.13. The standard InChI is InChI=1S/C16H20F4O6/c1-2-12(21)24-8-9-25-14(23)15(17,18)10-16(19,20)26-13(22)11-6-4-3-5-7-11/h2,11H,1,3-10H2. The molecule has 1 fully saturated rings. The van der Waals surface area contributed by atoms with Gasteiger partial charge in [-0.05, 0) is 12.8 Å². The Morgan fingerprint density at radius 3 is 2.15 bits per heavy atom. The van der Waals surface area contributed by atoms with Crippen LogP contribution in [-0.4, -0.2) is 43.2 Å². The van der Waals surface area contributed by atoms with Crippen molar-refractivity contribution in [3.05, 3.63) is 12.7 Å². The van der Waals surface area contributed by atoms with Gasteiger partial charge < -0.3 is 14.2 Å². The van der Waals surface area contributed by atoms with E-state index >= 15 is 0 Å². The summed E-state index contributed by atoms with van der Waals surface area (Å²) in [5, 5.41) is 0. The molecule has 1 rings (SSSR count). The average molecular weight is 384 g/mol. The topological polar surface area (TPSA) is 78.9 Å². The van der Waals surface area contributed by atoms with Crippen molar-refractivity contribution in [3.63, 3.8) is 0 Å². The monoisotopic (exact) mass is 384 g/mol. The van der Waals surface area contributed by atoms with Gasteiger partial charge in [0.1, 0.15) is 19.6 Å². The Morgan fingerprint density at radius 2 is 1.58 bits per heavy atom. The van der Waals surface area contributed by atoms with Gasteiger partial charge in [0.25, 0.3) is 0 Å². The maximum Gasteiger partial charge on any atom is 0.406 e. The number of hydrogen-bond donors (Lipinski definition) is 0. The minimum atomic E-state index is -4.58. The number of ether oxygens (including phenoxy) is 3. The Kier molecular flexibility index (Phi) is 8.04. The van der Waals surface area contributed by atoms with Crippen molar-refractivity contribution in [2.24, 2.45) is 5.92 Å². The molecule has 26 heavy (non-hydrogen) atoms. The zero-order valence-electron chi connectivity index (χ0n) is 14.0. The van der Waals surface area contributed by atoms with E-state index in [-0.39, 0.29) is 0 Å². The highest BCUT2D eigenvalue weighted by Gasteiger charge is 2.53. The summed E-state index contributed by atoms with van der Waals surface area (Å²) in [6.07, 6.45) is -3.12. The summed E-state index contributed by atoms with van der Waals surface area (Å²) >= 11 is 0. The Bertz CT molecular complexity index is 529. The van der Waals surface area contributed by atoms with Gasteiger partial charge in [0.2, 0.25) is 0 Å². The van der Waals surface area contributed by atoms with Gasteiger partial charge in [-0.3, -0.25) is 4.79 Å². The maximum atomic E-state index is 13.6. The Morgan fingerprint density at radius 1 is 1.00 bits per heavy atom. The summed E-state index contributed by atoms with van der Waals surface area (Å²) in [6, 6.07) is 0. The maximum absolute atomic E-state index is 13.6. The predicted molar refractivity (Wildman–Crippen MR) is 79.3 cm³/mol. The van der Waals surface area contributed by atoms with Crippen LogP contribution in [0.15, 0.2) is 12.7 Å². The summed E-state index contributed by atoms with van der Waals surface area (Å²) in [7, 11) is 0. The van der Waals surface area contributed by atoms with E-state index in [4.69, 9.17) is 0 Å². The molecule has 148 valence electrons. The zero-order valence-corrected chi connectivity index (χ0v) is 14.0. The van der Waals surface area contributed by atoms with Gasteiger partial charge >= 0.3 is 29.9 Å². The first-order valence-electron chi connectivity index (χ1n) is 8.02. The van der Waals surface area contributed by atoms with Crippen molar-refractivity contribution < 1.29 is 46.2 Å². The SMILES string of the molecule is C=CC(=O)OCCOC(=O)C(F)(F)CC(F)(F)OC(=O)C1CCCCC1. The second-order valence-corrected chi connectivity index (χ2v) is 5.78. The largest absolute Gasteiger partial charge is 0.459 e. The molecule has 0 aromatic rings. The second-order valence-electron chi connectivity index (χ2n) is 5.78. The first kappa shape index (κ1) is 21.9. The van der Waals surface area contributed by atoms with Crippen molar-refractivity contribution in [1.29, 1.82) is 0 Å². The molecule has 0 N–H and O–H groups in total. The highest BCUT2D eigenvalue weighted by atomic mass is 19.3. The summed E-state index contributed by atoms with van der Waals surface area (Å²) in [5.41, 5.74) is 0. The number of alkyl halides is 4. The summed E-state index contributed by atoms with van der Waals surface area (Å²) in [6.45, 7) is 1.79. The van der Waals surface area contributed by atoms with Crippen molar-refractivity contribution in [2.45, 2.75) is 50.6 Å². The lowest BCUT2D eigenvalue weighted by atomic mass is 9.89. The summed E-state index contributed by atoms with van der Waals surface area (Å²) < 4.78 is 66.8. The molecular weight excluding hydrogens is 364 g/mol. The molecule has 1 aliphatic carbocycles. The highest BCUT2D eigenvalue weighted by Crippen LogP contribution is 2.34. The van der Waals surface area contributed by atoms with E-state index in [1.165, 1.54) is 0 Å². The quantitative estimate of drug-likeness (QED) is 0.200. The molecule has 0 atom stereocenters. The van der Waals surface area contributed by atoms with Crippen LogP contribution in [-0.2, 0) is 28.6 Å². The van der Waals surface area contributed by atoms with Crippen LogP contribution in [0.5, 0.6) is 0 Å². The van der Waals surface area contributed by atoms with Crippen LogP contribution in [0.3, 0.4) is 0 Å². The van der Waals surface area contributed by atoms with Crippen LogP contribution in [0.2, 0.25) is 0 Å². The number of carbonyl (C=O) groups excluding carboxylic acids is 3. The molecule has 0 aromatic heterocycles. The highest BCUT2D eigenvalue weighted by molar-refractivity contribution is 5.81. The lowest BCUT2D eigenvalue weighted by Crippen LogP contribution is -2.41. The zero-order chi connectivity index (χ0) is 19.8. The minimum Gasteiger partial charge on any atom is -0.459 e. The molecule has 1 aliphatic rings. The number of carbonyl (C=O) groups is 3. The lowest BCUT2D eigenvalue weighted by molar-refractivity contribution is -0.263. The molecule has 0 bridgehead atoms. The van der Waals surface area contributed by atoms with Crippen LogP contribution in [0.4, 0.5) is 17.6 Å². The fourth-order valence-electron chi connectivity index (χ4n) is 2.38. The normalized spacial score (nSPS) is 15.8. The summed E-state index contributed by atoms with van der Waals surface area (Å²) in [5.74, 6) is -9.70. The van der Waals surface area contributed by atoms with Crippen molar-refractivity contribution >= 4 is 17.9 Å². The summed E-state index contributed by atoms with van der Waals surface area (Å²) in [4.78, 5) is 33.6. The van der Waals surface area contributed by atoms with Crippen molar-refractivity contribution in [2.75, 3.05) is 13.2 Å². The molecule has 0 unspecified atom stereocenters. The van der Waals surface area contributed by atoms with Gasteiger partial charge in [0.15, 0.2) is 0 Å². The van der Waals surface area contributed by atoms with E-state index in [0.717, 1.165) is 12.5 Å². The second kappa shape index (κ2) is 9.54. The van der Waals surface area contributed by atoms with Crippen molar-refractivity contribution in [3.8, 4) is 0 Å². The van der Waals surface area contributed by atoms with E-state index in [1.54, 1.807) is 0 Å². The molecule has 0 saturated heterocycles. The Labute approximate surface area is 147 Å². The van der Waals surface area contributed by atoms with E-state index in [2.05, 4.69) is 20.8 Å². The average Bonchev–Trinajstić information content (AvgIpc) is 2.57. The first-order valence-corrected chi connectivity index (χ1v) is 8.02. The molecule has 0 radical (unpaired) electrons. The Balaban J connectivity index is 2.48. The molecule has 1 saturated carbocycles. The number of rotatable bonds is 9. The van der Waals surface area contributed by atoms with Gasteiger partial charge in [-0.1, -0.05) is 25.8 Å². The van der Waals surface area contributed by atoms with Crippen LogP contribution in [0, 0.1) is 5.92 Å². The minimum absolute atomic E-state index is 0.358. The van der Waals surface area contributed by atoms with E-state index in [1.807, 2.05) is 0 Å². The fourth-order valence-corrected chi connectivity index (χ4v) is 2.38. The number of hydrogen-bond acceptors (Lipinski definition) is 6. The van der Waals surface area contributed by atoms with Crippen molar-refractivity contribution in [1.82, 2.24) is 0 Å². The fraction of sp³-hybridized carbons (Fsp3) is 0.688. The van der Waals surface area contributed by atoms with Gasteiger partial charge in [-0.2, -0.15) is 17.6 Å². The van der Waals surface area contributed by atoms with Gasteiger partial charge in [0.05, 0.1) is 5.92 Å². The van der Waals surface area contributed by atoms with Crippen LogP contribution in [0.25, 0.3) is 0 Å². The molecular formula is C16H20F4O6. The van der Waals surface area contributed by atoms with Crippen LogP contribution < -0.4 is 0 Å². The molecule has 0 aliphatic heterocycles. The molecule has 0 amide bonds. The first-order chi connectivity index (χ1) is 12.1. The third kappa shape index (κ3) is 7.40. The van der Waals surface area contributed by atoms with E-state index < -0.39 is 55.5 Å². The van der Waals surface area contributed by atoms with Gasteiger partial charge in [-0.15, -0.1) is 0 Å². The molecule has 0 spiro atoms. The third-order valence-electron chi connectivity index (χ3n) is 3.64. The smallest absolute Gasteiger partial charge is 0.406 e. The molecule has 6 nitrogen and oxygen atoms in total. The molecule has 10 heteroatoms. The molecule has 0 aromatic carbocycles. The van der Waals surface area contributed by atoms with Crippen LogP contribution >= 0.6 is 0 Å². The molecule has 0 heterocycles. The number of esters is 3.